The van der Waals surface area contributed by atoms with Crippen LogP contribution in [0.5, 0.6) is 0 Å². The Kier molecular flexibility index (Phi) is 4.79. The number of halogens is 3. The number of amides is 1. The summed E-state index contributed by atoms with van der Waals surface area (Å²) >= 11 is 0. The van der Waals surface area contributed by atoms with Gasteiger partial charge in [-0.05, 0) is 43.2 Å². The second-order valence-corrected chi connectivity index (χ2v) is 8.18. The van der Waals surface area contributed by atoms with Gasteiger partial charge in [0.25, 0.3) is 5.91 Å². The number of anilines is 2. The van der Waals surface area contributed by atoms with Crippen molar-refractivity contribution >= 4 is 33.3 Å². The molecule has 148 valence electrons. The van der Waals surface area contributed by atoms with E-state index in [1.165, 1.54) is 0 Å². The van der Waals surface area contributed by atoms with Crippen LogP contribution < -0.4 is 10.0 Å². The van der Waals surface area contributed by atoms with Gasteiger partial charge in [-0.2, -0.15) is 0 Å². The summed E-state index contributed by atoms with van der Waals surface area (Å²) in [5, 5.41) is 11.3. The third-order valence-corrected chi connectivity index (χ3v) is 6.37. The summed E-state index contributed by atoms with van der Waals surface area (Å²) in [7, 11) is -4.32. The molecule has 0 unspecified atom stereocenters. The third kappa shape index (κ3) is 3.52. The first-order valence-corrected chi connectivity index (χ1v) is 9.36. The minimum absolute atomic E-state index is 0.0671. The second-order valence-electron chi connectivity index (χ2n) is 6.18. The van der Waals surface area contributed by atoms with Crippen LogP contribution in [-0.2, 0) is 14.8 Å². The molecular weight excluding hydrogens is 401 g/mol. The average molecular weight is 414 g/mol. The van der Waals surface area contributed by atoms with Crippen molar-refractivity contribution in [3.05, 3.63) is 59.4 Å². The van der Waals surface area contributed by atoms with Crippen molar-refractivity contribution in [3.8, 4) is 0 Å². The van der Waals surface area contributed by atoms with E-state index in [2.05, 4.69) is 5.32 Å². The number of carboxylic acid groups (broad SMARTS) is 1. The summed E-state index contributed by atoms with van der Waals surface area (Å²) in [6.07, 6.45) is -0.134. The Balaban J connectivity index is 1.84. The SMILES string of the molecule is O=C(Nc1ccc(F)c(F)c1)c1cc(NS(=O)(=O)C2(C(=O)O)CC2)ccc1F. The zero-order valence-corrected chi connectivity index (χ0v) is 14.8. The van der Waals surface area contributed by atoms with Gasteiger partial charge in [0, 0.05) is 17.4 Å². The van der Waals surface area contributed by atoms with Gasteiger partial charge in [0.1, 0.15) is 5.82 Å². The van der Waals surface area contributed by atoms with E-state index in [9.17, 15) is 31.2 Å². The molecule has 7 nitrogen and oxygen atoms in total. The highest BCUT2D eigenvalue weighted by Gasteiger charge is 2.61. The monoisotopic (exact) mass is 414 g/mol. The zero-order valence-electron chi connectivity index (χ0n) is 14.0. The molecule has 0 heterocycles. The lowest BCUT2D eigenvalue weighted by Crippen LogP contribution is -2.37. The predicted octanol–water partition coefficient (Wildman–Crippen LogP) is 2.72. The van der Waals surface area contributed by atoms with Gasteiger partial charge in [-0.1, -0.05) is 0 Å². The second kappa shape index (κ2) is 6.82. The van der Waals surface area contributed by atoms with E-state index in [0.717, 1.165) is 30.3 Å². The molecule has 28 heavy (non-hydrogen) atoms. The fourth-order valence-electron chi connectivity index (χ4n) is 2.50. The highest BCUT2D eigenvalue weighted by molar-refractivity contribution is 7.95. The molecule has 0 aromatic heterocycles. The minimum Gasteiger partial charge on any atom is -0.480 e. The molecule has 2 aromatic rings. The maximum Gasteiger partial charge on any atom is 0.326 e. The average Bonchev–Trinajstić information content (AvgIpc) is 3.42. The Bertz CT molecular complexity index is 1080. The van der Waals surface area contributed by atoms with Crippen molar-refractivity contribution in [3.63, 3.8) is 0 Å². The molecule has 0 aliphatic heterocycles. The number of nitrogens with one attached hydrogen (secondary N) is 2. The van der Waals surface area contributed by atoms with Gasteiger partial charge < -0.3 is 10.4 Å². The standard InChI is InChI=1S/C17H13F3N2O5S/c18-12-3-2-10(22-28(26,27)17(5-6-17)16(24)25)7-11(12)15(23)21-9-1-4-13(19)14(20)8-9/h1-4,7-8,22H,5-6H2,(H,21,23)(H,24,25). The van der Waals surface area contributed by atoms with Crippen molar-refractivity contribution in [2.75, 3.05) is 10.0 Å². The molecule has 11 heteroatoms. The lowest BCUT2D eigenvalue weighted by Gasteiger charge is -2.14. The molecule has 0 radical (unpaired) electrons. The molecule has 1 amide bonds. The normalized spacial score (nSPS) is 15.0. The Labute approximate surface area is 157 Å². The number of sulfonamides is 1. The van der Waals surface area contributed by atoms with Crippen LogP contribution in [0.1, 0.15) is 23.2 Å². The predicted molar refractivity (Wildman–Crippen MR) is 92.9 cm³/mol. The number of hydrogen-bond donors (Lipinski definition) is 3. The molecule has 3 rings (SSSR count). The van der Waals surface area contributed by atoms with Crippen molar-refractivity contribution in [1.29, 1.82) is 0 Å². The quantitative estimate of drug-likeness (QED) is 0.673. The molecule has 0 saturated heterocycles. The number of benzene rings is 2. The van der Waals surface area contributed by atoms with E-state index < -0.39 is 49.7 Å². The van der Waals surface area contributed by atoms with E-state index in [4.69, 9.17) is 5.11 Å². The Hall–Kier alpha value is -3.08. The molecular formula is C17H13F3N2O5S. The fourth-order valence-corrected chi connectivity index (χ4v) is 4.00. The van der Waals surface area contributed by atoms with Gasteiger partial charge in [0.2, 0.25) is 10.0 Å². The van der Waals surface area contributed by atoms with Gasteiger partial charge in [0.05, 0.1) is 5.56 Å². The first-order valence-electron chi connectivity index (χ1n) is 7.87. The summed E-state index contributed by atoms with van der Waals surface area (Å²) in [6.45, 7) is 0. The van der Waals surface area contributed by atoms with Crippen molar-refractivity contribution in [2.24, 2.45) is 0 Å². The highest BCUT2D eigenvalue weighted by Crippen LogP contribution is 2.44. The van der Waals surface area contributed by atoms with E-state index in [1.54, 1.807) is 0 Å². The van der Waals surface area contributed by atoms with Crippen LogP contribution in [0.3, 0.4) is 0 Å². The lowest BCUT2D eigenvalue weighted by atomic mass is 10.1. The summed E-state index contributed by atoms with van der Waals surface area (Å²) in [4.78, 5) is 23.4. The van der Waals surface area contributed by atoms with Crippen LogP contribution in [0.2, 0.25) is 0 Å². The number of carbonyl (C=O) groups is 2. The van der Waals surface area contributed by atoms with Gasteiger partial charge in [-0.25, -0.2) is 21.6 Å². The summed E-state index contributed by atoms with van der Waals surface area (Å²) < 4.78 is 64.8. The van der Waals surface area contributed by atoms with E-state index in [0.29, 0.717) is 6.07 Å². The zero-order chi connectivity index (χ0) is 20.7. The fraction of sp³-hybridized carbons (Fsp3) is 0.176. The molecule has 0 bridgehead atoms. The molecule has 0 atom stereocenters. The first-order chi connectivity index (χ1) is 13.1. The van der Waals surface area contributed by atoms with Crippen molar-refractivity contribution in [2.45, 2.75) is 17.6 Å². The minimum atomic E-state index is -4.32. The molecule has 0 spiro atoms. The molecule has 2 aromatic carbocycles. The van der Waals surface area contributed by atoms with Crippen LogP contribution in [0.25, 0.3) is 0 Å². The molecule has 3 N–H and O–H groups in total. The van der Waals surface area contributed by atoms with Crippen LogP contribution >= 0.6 is 0 Å². The highest BCUT2D eigenvalue weighted by atomic mass is 32.2. The molecule has 1 aliphatic rings. The molecule has 1 fully saturated rings. The number of carboxylic acids is 1. The van der Waals surface area contributed by atoms with Gasteiger partial charge in [-0.3, -0.25) is 14.3 Å². The van der Waals surface area contributed by atoms with E-state index in [1.807, 2.05) is 4.72 Å². The lowest BCUT2D eigenvalue weighted by molar-refractivity contribution is -0.137. The number of hydrogen-bond acceptors (Lipinski definition) is 4. The van der Waals surface area contributed by atoms with Gasteiger partial charge in [0.15, 0.2) is 16.4 Å². The van der Waals surface area contributed by atoms with E-state index >= 15 is 0 Å². The number of rotatable bonds is 6. The van der Waals surface area contributed by atoms with Crippen molar-refractivity contribution < 1.29 is 36.3 Å². The Morgan fingerprint density at radius 2 is 1.54 bits per heavy atom. The van der Waals surface area contributed by atoms with Crippen LogP contribution in [0, 0.1) is 17.5 Å². The number of aliphatic carboxylic acids is 1. The maximum atomic E-state index is 14.0. The van der Waals surface area contributed by atoms with Crippen molar-refractivity contribution in [1.82, 2.24) is 0 Å². The largest absolute Gasteiger partial charge is 0.480 e. The third-order valence-electron chi connectivity index (χ3n) is 4.25. The molecule has 1 aliphatic carbocycles. The Morgan fingerprint density at radius 1 is 0.929 bits per heavy atom. The van der Waals surface area contributed by atoms with Crippen LogP contribution in [0.15, 0.2) is 36.4 Å². The first kappa shape index (κ1) is 19.7. The summed E-state index contributed by atoms with van der Waals surface area (Å²) in [6, 6.07) is 5.25. The summed E-state index contributed by atoms with van der Waals surface area (Å²) in [5.74, 6) is -5.89. The smallest absolute Gasteiger partial charge is 0.326 e. The van der Waals surface area contributed by atoms with Crippen LogP contribution in [0.4, 0.5) is 24.5 Å². The Morgan fingerprint density at radius 3 is 2.11 bits per heavy atom. The van der Waals surface area contributed by atoms with Gasteiger partial charge in [-0.15, -0.1) is 0 Å². The van der Waals surface area contributed by atoms with Crippen LogP contribution in [-0.4, -0.2) is 30.1 Å². The molecule has 1 saturated carbocycles. The topological polar surface area (TPSA) is 113 Å². The maximum absolute atomic E-state index is 14.0. The van der Waals surface area contributed by atoms with Gasteiger partial charge >= 0.3 is 5.97 Å². The summed E-state index contributed by atoms with van der Waals surface area (Å²) in [5.41, 5.74) is -0.938. The van der Waals surface area contributed by atoms with E-state index in [-0.39, 0.29) is 24.2 Å². The number of carbonyl (C=O) groups excluding carboxylic acids is 1.